The molecule has 2 rings (SSSR count). The lowest BCUT2D eigenvalue weighted by molar-refractivity contribution is -0.142. The molecule has 0 atom stereocenters. The number of aryl methyl sites for hydroxylation is 1. The van der Waals surface area contributed by atoms with E-state index in [0.29, 0.717) is 18.0 Å². The summed E-state index contributed by atoms with van der Waals surface area (Å²) < 4.78 is 25.4. The van der Waals surface area contributed by atoms with Gasteiger partial charge in [0.15, 0.2) is 9.84 Å². The smallest absolute Gasteiger partial charge is 0.304 e. The van der Waals surface area contributed by atoms with Crippen LogP contribution in [0.4, 0.5) is 0 Å². The summed E-state index contributed by atoms with van der Waals surface area (Å²) in [6.07, 6.45) is 4.29. The summed E-state index contributed by atoms with van der Waals surface area (Å²) in [4.78, 5) is 13.3. The van der Waals surface area contributed by atoms with E-state index in [1.807, 2.05) is 24.1 Å². The fourth-order valence-corrected chi connectivity index (χ4v) is 5.41. The average molecular weight is 353 g/mol. The normalized spacial score (nSPS) is 17.4. The van der Waals surface area contributed by atoms with Crippen LogP contribution in [-0.2, 0) is 21.1 Å². The Hall–Kier alpha value is -1.40. The Bertz CT molecular complexity index is 661. The fraction of sp³-hybridized carbons (Fsp3) is 0.611. The van der Waals surface area contributed by atoms with Crippen molar-refractivity contribution in [1.82, 2.24) is 4.90 Å². The summed E-state index contributed by atoms with van der Waals surface area (Å²) in [6.45, 7) is 3.17. The van der Waals surface area contributed by atoms with Crippen molar-refractivity contribution < 1.29 is 18.3 Å². The summed E-state index contributed by atoms with van der Waals surface area (Å²) in [7, 11) is -1.61. The molecular weight excluding hydrogens is 326 g/mol. The van der Waals surface area contributed by atoms with Crippen molar-refractivity contribution in [3.63, 3.8) is 0 Å². The number of aliphatic carboxylic acids is 1. The van der Waals surface area contributed by atoms with Gasteiger partial charge in [0.2, 0.25) is 0 Å². The van der Waals surface area contributed by atoms with Crippen molar-refractivity contribution in [2.45, 2.75) is 43.9 Å². The highest BCUT2D eigenvalue weighted by Crippen LogP contribution is 2.36. The van der Waals surface area contributed by atoms with Crippen LogP contribution in [0.25, 0.3) is 0 Å². The molecule has 1 heterocycles. The van der Waals surface area contributed by atoms with Crippen molar-refractivity contribution in [1.29, 1.82) is 0 Å². The number of carbonyl (C=O) groups is 1. The van der Waals surface area contributed by atoms with Crippen molar-refractivity contribution in [2.75, 3.05) is 25.9 Å². The number of likely N-dealkylation sites (tertiary alicyclic amines) is 1. The maximum atomic E-state index is 12.7. The van der Waals surface area contributed by atoms with Gasteiger partial charge in [0.25, 0.3) is 0 Å². The quantitative estimate of drug-likeness (QED) is 0.691. The Morgan fingerprint density at radius 1 is 1.21 bits per heavy atom. The first-order chi connectivity index (χ1) is 11.3. The molecule has 0 aromatic heterocycles. The third kappa shape index (κ3) is 4.80. The standard InChI is InChI=1S/C18H27NO4S/c1-3-4-5-6-15-7-9-16(10-8-15)24(22,23)14-18(11-17(20)21)12-19(2)13-18/h7-10H,3-6,11-14H2,1-2H3,(H,20,21). The van der Waals surface area contributed by atoms with Crippen LogP contribution in [0.1, 0.15) is 38.2 Å². The number of carboxylic acids is 1. The van der Waals surface area contributed by atoms with Crippen molar-refractivity contribution in [3.8, 4) is 0 Å². The highest BCUT2D eigenvalue weighted by Gasteiger charge is 2.46. The number of hydrogen-bond donors (Lipinski definition) is 1. The molecule has 24 heavy (non-hydrogen) atoms. The number of benzene rings is 1. The SMILES string of the molecule is CCCCCc1ccc(S(=O)(=O)CC2(CC(=O)O)CN(C)C2)cc1. The van der Waals surface area contributed by atoms with Gasteiger partial charge >= 0.3 is 5.97 Å². The van der Waals surface area contributed by atoms with Crippen molar-refractivity contribution in [3.05, 3.63) is 29.8 Å². The molecule has 0 unspecified atom stereocenters. The van der Waals surface area contributed by atoms with Crippen LogP contribution in [0.2, 0.25) is 0 Å². The lowest BCUT2D eigenvalue weighted by Crippen LogP contribution is -2.58. The minimum Gasteiger partial charge on any atom is -0.481 e. The summed E-state index contributed by atoms with van der Waals surface area (Å²) in [6, 6.07) is 7.07. The molecule has 0 aliphatic carbocycles. The van der Waals surface area contributed by atoms with Crippen LogP contribution >= 0.6 is 0 Å². The monoisotopic (exact) mass is 353 g/mol. The fourth-order valence-electron chi connectivity index (χ4n) is 3.60. The molecular formula is C18H27NO4S. The first kappa shape index (κ1) is 18.9. The van der Waals surface area contributed by atoms with Gasteiger partial charge in [-0.3, -0.25) is 4.79 Å². The van der Waals surface area contributed by atoms with Gasteiger partial charge in [-0.15, -0.1) is 0 Å². The number of unbranched alkanes of at least 4 members (excludes halogenated alkanes) is 2. The van der Waals surface area contributed by atoms with Gasteiger partial charge in [0.1, 0.15) is 0 Å². The third-order valence-corrected chi connectivity index (χ3v) is 6.57. The van der Waals surface area contributed by atoms with E-state index in [-0.39, 0.29) is 12.2 Å². The van der Waals surface area contributed by atoms with Gasteiger partial charge in [-0.1, -0.05) is 31.9 Å². The molecule has 6 heteroatoms. The van der Waals surface area contributed by atoms with E-state index in [1.165, 1.54) is 6.42 Å². The van der Waals surface area contributed by atoms with Crippen LogP contribution in [0.5, 0.6) is 0 Å². The molecule has 0 spiro atoms. The molecule has 1 aromatic rings. The summed E-state index contributed by atoms with van der Waals surface area (Å²) in [5.41, 5.74) is 0.477. The van der Waals surface area contributed by atoms with Gasteiger partial charge in [0, 0.05) is 18.5 Å². The molecule has 0 amide bonds. The number of rotatable bonds is 9. The Morgan fingerprint density at radius 3 is 2.33 bits per heavy atom. The number of hydrogen-bond acceptors (Lipinski definition) is 4. The van der Waals surface area contributed by atoms with Crippen molar-refractivity contribution in [2.24, 2.45) is 5.41 Å². The zero-order valence-electron chi connectivity index (χ0n) is 14.5. The van der Waals surface area contributed by atoms with Crippen LogP contribution in [-0.4, -0.2) is 50.3 Å². The Balaban J connectivity index is 2.07. The second-order valence-electron chi connectivity index (χ2n) is 7.10. The highest BCUT2D eigenvalue weighted by atomic mass is 32.2. The van der Waals surface area contributed by atoms with E-state index in [1.54, 1.807) is 12.1 Å². The second kappa shape index (κ2) is 7.66. The Labute approximate surface area is 144 Å². The summed E-state index contributed by atoms with van der Waals surface area (Å²) in [5, 5.41) is 9.09. The van der Waals surface area contributed by atoms with Crippen molar-refractivity contribution >= 4 is 15.8 Å². The molecule has 1 fully saturated rings. The minimum atomic E-state index is -3.48. The van der Waals surface area contributed by atoms with E-state index in [0.717, 1.165) is 24.8 Å². The Morgan fingerprint density at radius 2 is 1.83 bits per heavy atom. The molecule has 0 radical (unpaired) electrons. The minimum absolute atomic E-state index is 0.105. The van der Waals surface area contributed by atoms with Gasteiger partial charge in [-0.2, -0.15) is 0 Å². The van der Waals surface area contributed by atoms with Gasteiger partial charge < -0.3 is 10.0 Å². The first-order valence-corrected chi connectivity index (χ1v) is 10.1. The molecule has 1 saturated heterocycles. The maximum absolute atomic E-state index is 12.7. The average Bonchev–Trinajstić information content (AvgIpc) is 2.45. The predicted octanol–water partition coefficient (Wildman–Crippen LogP) is 2.60. The topological polar surface area (TPSA) is 74.7 Å². The number of nitrogens with zero attached hydrogens (tertiary/aromatic N) is 1. The molecule has 134 valence electrons. The van der Waals surface area contributed by atoms with Gasteiger partial charge in [-0.05, 0) is 37.6 Å². The number of sulfone groups is 1. The molecule has 1 aromatic carbocycles. The molecule has 1 aliphatic rings. The zero-order valence-corrected chi connectivity index (χ0v) is 15.3. The molecule has 0 bridgehead atoms. The summed E-state index contributed by atoms with van der Waals surface area (Å²) >= 11 is 0. The van der Waals surface area contributed by atoms with E-state index in [2.05, 4.69) is 6.92 Å². The molecule has 5 nitrogen and oxygen atoms in total. The number of carboxylic acid groups (broad SMARTS) is 1. The second-order valence-corrected chi connectivity index (χ2v) is 9.09. The Kier molecular flexibility index (Phi) is 6.04. The summed E-state index contributed by atoms with van der Waals surface area (Å²) in [5.74, 6) is -1.05. The molecule has 1 aliphatic heterocycles. The third-order valence-electron chi connectivity index (χ3n) is 4.58. The van der Waals surface area contributed by atoms with Crippen LogP contribution in [0, 0.1) is 5.41 Å². The van der Waals surface area contributed by atoms with E-state index >= 15 is 0 Å². The van der Waals surface area contributed by atoms with Crippen LogP contribution in [0.15, 0.2) is 29.2 Å². The molecule has 1 N–H and O–H groups in total. The predicted molar refractivity (Wildman–Crippen MR) is 93.9 cm³/mol. The lowest BCUT2D eigenvalue weighted by Gasteiger charge is -2.47. The van der Waals surface area contributed by atoms with Crippen LogP contribution in [0.3, 0.4) is 0 Å². The van der Waals surface area contributed by atoms with Crippen LogP contribution < -0.4 is 0 Å². The van der Waals surface area contributed by atoms with E-state index in [4.69, 9.17) is 5.11 Å². The van der Waals surface area contributed by atoms with Gasteiger partial charge in [-0.25, -0.2) is 8.42 Å². The van der Waals surface area contributed by atoms with E-state index < -0.39 is 21.2 Å². The van der Waals surface area contributed by atoms with E-state index in [9.17, 15) is 13.2 Å². The largest absolute Gasteiger partial charge is 0.481 e. The maximum Gasteiger partial charge on any atom is 0.304 e. The zero-order chi connectivity index (χ0) is 17.8. The lowest BCUT2D eigenvalue weighted by atomic mass is 9.79. The highest BCUT2D eigenvalue weighted by molar-refractivity contribution is 7.91. The first-order valence-electron chi connectivity index (χ1n) is 8.48. The van der Waals surface area contributed by atoms with Gasteiger partial charge in [0.05, 0.1) is 17.1 Å². The molecule has 0 saturated carbocycles.